The maximum absolute atomic E-state index is 12.9. The molecule has 0 radical (unpaired) electrons. The Balaban J connectivity index is 1.48. The second-order valence-corrected chi connectivity index (χ2v) is 8.57. The Morgan fingerprint density at radius 1 is 1.07 bits per heavy atom. The van der Waals surface area contributed by atoms with E-state index in [-0.39, 0.29) is 29.8 Å². The zero-order valence-corrected chi connectivity index (χ0v) is 17.6. The molecule has 0 unspecified atom stereocenters. The van der Waals surface area contributed by atoms with Crippen molar-refractivity contribution in [2.45, 2.75) is 24.6 Å². The first kappa shape index (κ1) is 21.0. The molecular weight excluding hydrogens is 409 g/mol. The second kappa shape index (κ2) is 9.67. The van der Waals surface area contributed by atoms with Crippen LogP contribution in [0.1, 0.15) is 16.8 Å². The number of thiazole rings is 1. The molecule has 2 amide bonds. The summed E-state index contributed by atoms with van der Waals surface area (Å²) in [5.41, 5.74) is 4.10. The van der Waals surface area contributed by atoms with E-state index in [0.717, 1.165) is 16.8 Å². The minimum atomic E-state index is -0.353. The number of hydrogen-bond acceptors (Lipinski definition) is 5. The number of nitrogens with one attached hydrogen (secondary N) is 2. The van der Waals surface area contributed by atoms with Gasteiger partial charge in [-0.2, -0.15) is 0 Å². The molecule has 2 aromatic carbocycles. The molecule has 0 atom stereocenters. The molecule has 0 saturated heterocycles. The van der Waals surface area contributed by atoms with Gasteiger partial charge in [0, 0.05) is 16.8 Å². The Hall–Kier alpha value is -2.71. The van der Waals surface area contributed by atoms with Gasteiger partial charge in [0.05, 0.1) is 17.9 Å². The summed E-state index contributed by atoms with van der Waals surface area (Å²) in [6.07, 6.45) is 0.173. The first-order valence-corrected chi connectivity index (χ1v) is 10.8. The molecule has 2 N–H and O–H groups in total. The topological polar surface area (TPSA) is 71.1 Å². The van der Waals surface area contributed by atoms with Crippen LogP contribution in [0.4, 0.5) is 15.8 Å². The fraction of sp³-hybridized carbons (Fsp3) is 0.190. The van der Waals surface area contributed by atoms with Crippen molar-refractivity contribution >= 4 is 46.3 Å². The predicted octanol–water partition coefficient (Wildman–Crippen LogP) is 4.81. The number of anilines is 2. The summed E-state index contributed by atoms with van der Waals surface area (Å²) in [6, 6.07) is 11.5. The summed E-state index contributed by atoms with van der Waals surface area (Å²) in [5, 5.41) is 7.44. The minimum Gasteiger partial charge on any atom is -0.325 e. The number of halogens is 1. The summed E-state index contributed by atoms with van der Waals surface area (Å²) < 4.78 is 13.6. The van der Waals surface area contributed by atoms with Crippen molar-refractivity contribution in [3.05, 3.63) is 70.5 Å². The monoisotopic (exact) mass is 429 g/mol. The third kappa shape index (κ3) is 6.40. The standard InChI is InChI=1S/C21H20FN3O2S2/c1-13-3-4-14(2)18(9-13)25-19(26)10-17-11-28-21(24-17)29-12-20(27)23-16-7-5-15(22)6-8-16/h3-9,11H,10,12H2,1-2H3,(H,23,27)(H,25,26). The van der Waals surface area contributed by atoms with E-state index < -0.39 is 0 Å². The SMILES string of the molecule is Cc1ccc(C)c(NC(=O)Cc2csc(SCC(=O)Nc3ccc(F)cc3)n2)c1. The molecule has 8 heteroatoms. The summed E-state index contributed by atoms with van der Waals surface area (Å²) >= 11 is 2.69. The maximum Gasteiger partial charge on any atom is 0.234 e. The lowest BCUT2D eigenvalue weighted by Crippen LogP contribution is -2.15. The number of aryl methyl sites for hydroxylation is 2. The van der Waals surface area contributed by atoms with E-state index in [0.29, 0.717) is 15.7 Å². The molecule has 1 heterocycles. The average Bonchev–Trinajstić information content (AvgIpc) is 3.12. The smallest absolute Gasteiger partial charge is 0.234 e. The van der Waals surface area contributed by atoms with Crippen LogP contribution in [-0.4, -0.2) is 22.6 Å². The van der Waals surface area contributed by atoms with Crippen LogP contribution in [0.15, 0.2) is 52.2 Å². The van der Waals surface area contributed by atoms with Crippen LogP contribution in [0.2, 0.25) is 0 Å². The van der Waals surface area contributed by atoms with Crippen LogP contribution in [0.25, 0.3) is 0 Å². The number of carbonyl (C=O) groups is 2. The molecule has 0 spiro atoms. The Bertz CT molecular complexity index is 1020. The Morgan fingerprint density at radius 3 is 2.59 bits per heavy atom. The van der Waals surface area contributed by atoms with Crippen LogP contribution in [-0.2, 0) is 16.0 Å². The van der Waals surface area contributed by atoms with Crippen molar-refractivity contribution < 1.29 is 14.0 Å². The summed E-state index contributed by atoms with van der Waals surface area (Å²) in [4.78, 5) is 28.7. The van der Waals surface area contributed by atoms with Gasteiger partial charge in [0.15, 0.2) is 4.34 Å². The number of amides is 2. The van der Waals surface area contributed by atoms with Crippen LogP contribution >= 0.6 is 23.1 Å². The van der Waals surface area contributed by atoms with Gasteiger partial charge in [-0.05, 0) is 55.3 Å². The molecular formula is C21H20FN3O2S2. The molecule has 0 bridgehead atoms. The highest BCUT2D eigenvalue weighted by atomic mass is 32.2. The molecule has 0 fully saturated rings. The summed E-state index contributed by atoms with van der Waals surface area (Å²) in [7, 11) is 0. The first-order valence-electron chi connectivity index (χ1n) is 8.89. The van der Waals surface area contributed by atoms with E-state index in [9.17, 15) is 14.0 Å². The fourth-order valence-corrected chi connectivity index (χ4v) is 4.17. The zero-order chi connectivity index (χ0) is 20.8. The number of carbonyl (C=O) groups excluding carboxylic acids is 2. The number of benzene rings is 2. The highest BCUT2D eigenvalue weighted by molar-refractivity contribution is 8.01. The first-order chi connectivity index (χ1) is 13.9. The van der Waals surface area contributed by atoms with Gasteiger partial charge in [0.1, 0.15) is 5.82 Å². The number of rotatable bonds is 7. The molecule has 0 aliphatic heterocycles. The molecule has 1 aromatic heterocycles. The van der Waals surface area contributed by atoms with Crippen molar-refractivity contribution in [2.75, 3.05) is 16.4 Å². The van der Waals surface area contributed by atoms with E-state index in [1.807, 2.05) is 37.4 Å². The second-order valence-electron chi connectivity index (χ2n) is 6.49. The number of hydrogen-bond donors (Lipinski definition) is 2. The minimum absolute atomic E-state index is 0.130. The van der Waals surface area contributed by atoms with Crippen molar-refractivity contribution in [3.63, 3.8) is 0 Å². The van der Waals surface area contributed by atoms with Gasteiger partial charge in [0.2, 0.25) is 11.8 Å². The Morgan fingerprint density at radius 2 is 1.83 bits per heavy atom. The largest absolute Gasteiger partial charge is 0.325 e. The van der Waals surface area contributed by atoms with Crippen LogP contribution in [0, 0.1) is 19.7 Å². The van der Waals surface area contributed by atoms with E-state index in [1.165, 1.54) is 47.4 Å². The van der Waals surface area contributed by atoms with Gasteiger partial charge in [-0.15, -0.1) is 11.3 Å². The highest BCUT2D eigenvalue weighted by Gasteiger charge is 2.11. The van der Waals surface area contributed by atoms with Gasteiger partial charge in [-0.3, -0.25) is 9.59 Å². The molecule has 3 rings (SSSR count). The average molecular weight is 430 g/mol. The molecule has 3 aromatic rings. The number of aromatic nitrogens is 1. The normalized spacial score (nSPS) is 10.6. The van der Waals surface area contributed by atoms with Crippen molar-refractivity contribution in [3.8, 4) is 0 Å². The lowest BCUT2D eigenvalue weighted by atomic mass is 10.1. The van der Waals surface area contributed by atoms with E-state index >= 15 is 0 Å². The van der Waals surface area contributed by atoms with Crippen molar-refractivity contribution in [1.29, 1.82) is 0 Å². The van der Waals surface area contributed by atoms with Gasteiger partial charge in [-0.25, -0.2) is 9.37 Å². The number of nitrogens with zero attached hydrogens (tertiary/aromatic N) is 1. The van der Waals surface area contributed by atoms with Crippen LogP contribution in [0.5, 0.6) is 0 Å². The van der Waals surface area contributed by atoms with Gasteiger partial charge in [-0.1, -0.05) is 23.9 Å². The molecule has 0 aliphatic carbocycles. The van der Waals surface area contributed by atoms with Crippen molar-refractivity contribution in [2.24, 2.45) is 0 Å². The Kier molecular flexibility index (Phi) is 7.00. The third-order valence-electron chi connectivity index (χ3n) is 3.99. The quantitative estimate of drug-likeness (QED) is 0.529. The third-order valence-corrected chi connectivity index (χ3v) is 6.06. The maximum atomic E-state index is 12.9. The lowest BCUT2D eigenvalue weighted by Gasteiger charge is -2.08. The molecule has 0 aliphatic rings. The molecule has 150 valence electrons. The summed E-state index contributed by atoms with van der Waals surface area (Å²) in [5.74, 6) is -0.506. The molecule has 0 saturated carbocycles. The van der Waals surface area contributed by atoms with Gasteiger partial charge < -0.3 is 10.6 Å². The van der Waals surface area contributed by atoms with Crippen molar-refractivity contribution in [1.82, 2.24) is 4.98 Å². The van der Waals surface area contributed by atoms with E-state index in [4.69, 9.17) is 0 Å². The Labute approximate surface area is 176 Å². The fourth-order valence-electron chi connectivity index (χ4n) is 2.52. The summed E-state index contributed by atoms with van der Waals surface area (Å²) in [6.45, 7) is 3.93. The lowest BCUT2D eigenvalue weighted by molar-refractivity contribution is -0.116. The van der Waals surface area contributed by atoms with Crippen LogP contribution < -0.4 is 10.6 Å². The van der Waals surface area contributed by atoms with E-state index in [2.05, 4.69) is 15.6 Å². The van der Waals surface area contributed by atoms with Gasteiger partial charge in [0.25, 0.3) is 0 Å². The molecule has 29 heavy (non-hydrogen) atoms. The number of thioether (sulfide) groups is 1. The van der Waals surface area contributed by atoms with E-state index in [1.54, 1.807) is 0 Å². The van der Waals surface area contributed by atoms with Gasteiger partial charge >= 0.3 is 0 Å². The molecule has 5 nitrogen and oxygen atoms in total. The van der Waals surface area contributed by atoms with Crippen LogP contribution in [0.3, 0.4) is 0 Å². The predicted molar refractivity (Wildman–Crippen MR) is 116 cm³/mol. The zero-order valence-electron chi connectivity index (χ0n) is 16.0. The highest BCUT2D eigenvalue weighted by Crippen LogP contribution is 2.24.